The van der Waals surface area contributed by atoms with Crippen LogP contribution < -0.4 is 4.72 Å². The molecule has 1 rings (SSSR count). The van der Waals surface area contributed by atoms with Crippen molar-refractivity contribution in [3.05, 3.63) is 30.1 Å². The number of carboxylic acid groups (broad SMARTS) is 1. The summed E-state index contributed by atoms with van der Waals surface area (Å²) in [5.74, 6) is -1.37. The van der Waals surface area contributed by atoms with Crippen LogP contribution in [0.4, 0.5) is 0 Å². The second-order valence-corrected chi connectivity index (χ2v) is 5.29. The molecule has 0 radical (unpaired) electrons. The normalized spacial score (nSPS) is 13.3. The molecule has 0 saturated carbocycles. The van der Waals surface area contributed by atoms with Gasteiger partial charge in [-0.1, -0.05) is 0 Å². The largest absolute Gasteiger partial charge is 0.480 e. The summed E-state index contributed by atoms with van der Waals surface area (Å²) in [4.78, 5) is 14.3. The van der Waals surface area contributed by atoms with Crippen LogP contribution in [-0.2, 0) is 21.4 Å². The third-order valence-electron chi connectivity index (χ3n) is 2.04. The summed E-state index contributed by atoms with van der Waals surface area (Å²) in [5, 5.41) is 7.12. The van der Waals surface area contributed by atoms with Crippen LogP contribution in [0.3, 0.4) is 0 Å². The second-order valence-electron chi connectivity index (χ2n) is 3.20. The number of hydrogen-bond acceptors (Lipinski definition) is 4. The summed E-state index contributed by atoms with van der Waals surface area (Å²) in [6.45, 7) is 1.18. The highest BCUT2D eigenvalue weighted by Gasteiger charge is 2.26. The average molecular weight is 244 g/mol. The minimum absolute atomic E-state index is 0.0580. The number of aromatic nitrogens is 1. The Morgan fingerprint density at radius 2 is 2.06 bits per heavy atom. The SMILES string of the molecule is CC(C(=O)O)S(=O)(=O)NCc1ccncc1. The van der Waals surface area contributed by atoms with Crippen molar-refractivity contribution in [2.45, 2.75) is 18.7 Å². The van der Waals surface area contributed by atoms with E-state index in [1.165, 1.54) is 12.4 Å². The first-order valence-electron chi connectivity index (χ1n) is 4.53. The zero-order chi connectivity index (χ0) is 12.2. The van der Waals surface area contributed by atoms with Gasteiger partial charge in [0.2, 0.25) is 10.0 Å². The first-order chi connectivity index (χ1) is 7.43. The van der Waals surface area contributed by atoms with Crippen LogP contribution in [0.1, 0.15) is 12.5 Å². The second kappa shape index (κ2) is 5.04. The van der Waals surface area contributed by atoms with Gasteiger partial charge in [-0.3, -0.25) is 9.78 Å². The van der Waals surface area contributed by atoms with Gasteiger partial charge in [0, 0.05) is 18.9 Å². The molecule has 0 saturated heterocycles. The van der Waals surface area contributed by atoms with Gasteiger partial charge in [0.05, 0.1) is 0 Å². The standard InChI is InChI=1S/C9H12N2O4S/c1-7(9(12)13)16(14,15)11-6-8-2-4-10-5-3-8/h2-5,7,11H,6H2,1H3,(H,12,13). The molecule has 6 nitrogen and oxygen atoms in total. The van der Waals surface area contributed by atoms with Crippen LogP contribution in [-0.4, -0.2) is 29.7 Å². The molecule has 0 aliphatic carbocycles. The van der Waals surface area contributed by atoms with Gasteiger partial charge in [-0.25, -0.2) is 13.1 Å². The van der Waals surface area contributed by atoms with Gasteiger partial charge >= 0.3 is 5.97 Å². The Kier molecular flexibility index (Phi) is 3.97. The number of sulfonamides is 1. The smallest absolute Gasteiger partial charge is 0.323 e. The molecule has 1 aromatic heterocycles. The number of rotatable bonds is 5. The molecule has 0 aliphatic heterocycles. The fourth-order valence-corrected chi connectivity index (χ4v) is 1.83. The number of carboxylic acids is 1. The van der Waals surface area contributed by atoms with Crippen LogP contribution >= 0.6 is 0 Å². The summed E-state index contributed by atoms with van der Waals surface area (Å²) >= 11 is 0. The predicted octanol–water partition coefficient (Wildman–Crippen LogP) is -0.0259. The third-order valence-corrected chi connectivity index (χ3v) is 3.72. The number of pyridine rings is 1. The van der Waals surface area contributed by atoms with E-state index in [0.29, 0.717) is 0 Å². The molecule has 1 unspecified atom stereocenters. The quantitative estimate of drug-likeness (QED) is 0.758. The maximum absolute atomic E-state index is 11.4. The first-order valence-corrected chi connectivity index (χ1v) is 6.08. The van der Waals surface area contributed by atoms with Crippen molar-refractivity contribution < 1.29 is 18.3 Å². The Hall–Kier alpha value is -1.47. The Labute approximate surface area is 93.4 Å². The Balaban J connectivity index is 2.65. The van der Waals surface area contributed by atoms with Crippen molar-refractivity contribution in [3.8, 4) is 0 Å². The van der Waals surface area contributed by atoms with E-state index in [2.05, 4.69) is 9.71 Å². The highest BCUT2D eigenvalue weighted by Crippen LogP contribution is 2.01. The van der Waals surface area contributed by atoms with Crippen LogP contribution in [0.25, 0.3) is 0 Å². The molecule has 88 valence electrons. The summed E-state index contributed by atoms with van der Waals surface area (Å²) < 4.78 is 25.1. The number of aliphatic carboxylic acids is 1. The Morgan fingerprint density at radius 1 is 1.50 bits per heavy atom. The number of hydrogen-bond donors (Lipinski definition) is 2. The summed E-state index contributed by atoms with van der Waals surface area (Å²) in [7, 11) is -3.83. The minimum Gasteiger partial charge on any atom is -0.480 e. The van der Waals surface area contributed by atoms with E-state index >= 15 is 0 Å². The lowest BCUT2D eigenvalue weighted by Crippen LogP contribution is -2.37. The Morgan fingerprint density at radius 3 is 2.56 bits per heavy atom. The topological polar surface area (TPSA) is 96.4 Å². The average Bonchev–Trinajstić information content (AvgIpc) is 2.27. The van der Waals surface area contributed by atoms with Gasteiger partial charge < -0.3 is 5.11 Å². The van der Waals surface area contributed by atoms with E-state index < -0.39 is 21.2 Å². The van der Waals surface area contributed by atoms with E-state index in [-0.39, 0.29) is 6.54 Å². The number of carbonyl (C=O) groups is 1. The molecule has 0 aromatic carbocycles. The highest BCUT2D eigenvalue weighted by atomic mass is 32.2. The molecular weight excluding hydrogens is 232 g/mol. The lowest BCUT2D eigenvalue weighted by Gasteiger charge is -2.09. The van der Waals surface area contributed by atoms with E-state index in [1.54, 1.807) is 12.1 Å². The monoisotopic (exact) mass is 244 g/mol. The van der Waals surface area contributed by atoms with E-state index in [0.717, 1.165) is 12.5 Å². The minimum atomic E-state index is -3.83. The predicted molar refractivity (Wildman–Crippen MR) is 57.1 cm³/mol. The molecule has 7 heteroatoms. The molecule has 16 heavy (non-hydrogen) atoms. The summed E-state index contributed by atoms with van der Waals surface area (Å²) in [6, 6.07) is 3.29. The van der Waals surface area contributed by atoms with Crippen LogP contribution in [0.15, 0.2) is 24.5 Å². The van der Waals surface area contributed by atoms with Gasteiger partial charge in [-0.05, 0) is 24.6 Å². The van der Waals surface area contributed by atoms with Gasteiger partial charge in [0.1, 0.15) is 0 Å². The third kappa shape index (κ3) is 3.28. The molecule has 1 aromatic rings. The van der Waals surface area contributed by atoms with Crippen molar-refractivity contribution in [1.29, 1.82) is 0 Å². The zero-order valence-corrected chi connectivity index (χ0v) is 9.44. The molecule has 1 heterocycles. The molecule has 2 N–H and O–H groups in total. The fourth-order valence-electron chi connectivity index (χ4n) is 0.942. The fraction of sp³-hybridized carbons (Fsp3) is 0.333. The zero-order valence-electron chi connectivity index (χ0n) is 8.62. The van der Waals surface area contributed by atoms with Crippen molar-refractivity contribution >= 4 is 16.0 Å². The van der Waals surface area contributed by atoms with Crippen molar-refractivity contribution in [2.24, 2.45) is 0 Å². The molecule has 0 bridgehead atoms. The molecule has 1 atom stereocenters. The molecule has 0 spiro atoms. The number of nitrogens with one attached hydrogen (secondary N) is 1. The van der Waals surface area contributed by atoms with Crippen molar-refractivity contribution in [1.82, 2.24) is 9.71 Å². The first kappa shape index (κ1) is 12.6. The molecule has 0 fully saturated rings. The summed E-state index contributed by atoms with van der Waals surface area (Å²) in [5.41, 5.74) is 0.719. The summed E-state index contributed by atoms with van der Waals surface area (Å²) in [6.07, 6.45) is 3.06. The molecular formula is C9H12N2O4S. The maximum atomic E-state index is 11.4. The van der Waals surface area contributed by atoms with Crippen LogP contribution in [0, 0.1) is 0 Å². The van der Waals surface area contributed by atoms with Gasteiger partial charge in [-0.2, -0.15) is 0 Å². The molecule has 0 amide bonds. The van der Waals surface area contributed by atoms with E-state index in [4.69, 9.17) is 5.11 Å². The van der Waals surface area contributed by atoms with Crippen LogP contribution in [0.2, 0.25) is 0 Å². The Bertz CT molecular complexity index is 458. The van der Waals surface area contributed by atoms with Gasteiger partial charge in [0.15, 0.2) is 5.25 Å². The van der Waals surface area contributed by atoms with Gasteiger partial charge in [0.25, 0.3) is 0 Å². The van der Waals surface area contributed by atoms with Gasteiger partial charge in [-0.15, -0.1) is 0 Å². The van der Waals surface area contributed by atoms with Crippen molar-refractivity contribution in [2.75, 3.05) is 0 Å². The number of nitrogens with zero attached hydrogens (tertiary/aromatic N) is 1. The lowest BCUT2D eigenvalue weighted by molar-refractivity contribution is -0.136. The van der Waals surface area contributed by atoms with Crippen LogP contribution in [0.5, 0.6) is 0 Å². The highest BCUT2D eigenvalue weighted by molar-refractivity contribution is 7.90. The van der Waals surface area contributed by atoms with E-state index in [9.17, 15) is 13.2 Å². The molecule has 0 aliphatic rings. The van der Waals surface area contributed by atoms with Crippen molar-refractivity contribution in [3.63, 3.8) is 0 Å². The lowest BCUT2D eigenvalue weighted by atomic mass is 10.3. The maximum Gasteiger partial charge on any atom is 0.323 e. The van der Waals surface area contributed by atoms with E-state index in [1.807, 2.05) is 0 Å².